The first-order valence-corrected chi connectivity index (χ1v) is 6.89. The van der Waals surface area contributed by atoms with Gasteiger partial charge in [-0.25, -0.2) is 0 Å². The molecule has 0 radical (unpaired) electrons. The third kappa shape index (κ3) is 2.44. The topological polar surface area (TPSA) is 29.1 Å². The van der Waals surface area contributed by atoms with E-state index >= 15 is 0 Å². The van der Waals surface area contributed by atoms with Gasteiger partial charge in [-0.3, -0.25) is 4.79 Å². The zero-order chi connectivity index (χ0) is 13.4. The predicted octanol–water partition coefficient (Wildman–Crippen LogP) is 4.60. The Morgan fingerprint density at radius 2 is 1.84 bits per heavy atom. The fraction of sp³-hybridized carbons (Fsp3) is 0. The SMILES string of the molecule is O=C1Nc2cc(Cl)ccc2C1=Cc1ccc(Br)cc1. The molecule has 0 atom stereocenters. The molecular formula is C15H9BrClNO. The molecule has 1 amide bonds. The smallest absolute Gasteiger partial charge is 0.256 e. The van der Waals surface area contributed by atoms with Gasteiger partial charge in [-0.05, 0) is 35.9 Å². The lowest BCUT2D eigenvalue weighted by molar-refractivity contribution is -0.110. The largest absolute Gasteiger partial charge is 0.321 e. The van der Waals surface area contributed by atoms with Crippen molar-refractivity contribution in [2.24, 2.45) is 0 Å². The number of amides is 1. The Kier molecular flexibility index (Phi) is 3.17. The molecule has 0 spiro atoms. The van der Waals surface area contributed by atoms with Crippen LogP contribution in [0.4, 0.5) is 5.69 Å². The van der Waals surface area contributed by atoms with Crippen LogP contribution in [0.2, 0.25) is 5.02 Å². The Morgan fingerprint density at radius 3 is 2.58 bits per heavy atom. The van der Waals surface area contributed by atoms with Crippen LogP contribution >= 0.6 is 27.5 Å². The summed E-state index contributed by atoms with van der Waals surface area (Å²) >= 11 is 9.31. The van der Waals surface area contributed by atoms with Crippen molar-refractivity contribution in [3.63, 3.8) is 0 Å². The highest BCUT2D eigenvalue weighted by molar-refractivity contribution is 9.10. The number of carbonyl (C=O) groups excluding carboxylic acids is 1. The number of hydrogen-bond donors (Lipinski definition) is 1. The van der Waals surface area contributed by atoms with Crippen molar-refractivity contribution in [2.75, 3.05) is 5.32 Å². The van der Waals surface area contributed by atoms with E-state index in [0.29, 0.717) is 10.6 Å². The highest BCUT2D eigenvalue weighted by atomic mass is 79.9. The molecule has 0 aliphatic carbocycles. The minimum Gasteiger partial charge on any atom is -0.321 e. The first-order chi connectivity index (χ1) is 9.13. The zero-order valence-corrected chi connectivity index (χ0v) is 12.1. The van der Waals surface area contributed by atoms with Crippen molar-refractivity contribution in [3.05, 3.63) is 63.1 Å². The van der Waals surface area contributed by atoms with Crippen molar-refractivity contribution < 1.29 is 4.79 Å². The Hall–Kier alpha value is -1.58. The fourth-order valence-corrected chi connectivity index (χ4v) is 2.47. The molecule has 2 nitrogen and oxygen atoms in total. The van der Waals surface area contributed by atoms with Gasteiger partial charge < -0.3 is 5.32 Å². The molecule has 0 unspecified atom stereocenters. The Balaban J connectivity index is 2.06. The van der Waals surface area contributed by atoms with E-state index in [4.69, 9.17) is 11.6 Å². The molecule has 2 aromatic carbocycles. The standard InChI is InChI=1S/C15H9BrClNO/c16-10-3-1-9(2-4-10)7-13-12-6-5-11(17)8-14(12)18-15(13)19/h1-8H,(H,18,19). The van der Waals surface area contributed by atoms with E-state index in [0.717, 1.165) is 21.3 Å². The van der Waals surface area contributed by atoms with Crippen LogP contribution in [0.5, 0.6) is 0 Å². The number of hydrogen-bond acceptors (Lipinski definition) is 1. The molecule has 0 bridgehead atoms. The maximum Gasteiger partial charge on any atom is 0.256 e. The lowest BCUT2D eigenvalue weighted by atomic mass is 10.0. The second kappa shape index (κ2) is 4.83. The van der Waals surface area contributed by atoms with Gasteiger partial charge in [0.05, 0.1) is 5.69 Å². The van der Waals surface area contributed by atoms with Gasteiger partial charge >= 0.3 is 0 Å². The molecule has 0 fully saturated rings. The molecule has 1 aliphatic heterocycles. The number of fused-ring (bicyclic) bond motifs is 1. The van der Waals surface area contributed by atoms with Crippen LogP contribution in [0.25, 0.3) is 11.6 Å². The third-order valence-corrected chi connectivity index (χ3v) is 3.71. The van der Waals surface area contributed by atoms with Gasteiger partial charge in [0.15, 0.2) is 0 Å². The van der Waals surface area contributed by atoms with Gasteiger partial charge in [-0.15, -0.1) is 0 Å². The van der Waals surface area contributed by atoms with E-state index in [-0.39, 0.29) is 5.91 Å². The number of nitrogens with one attached hydrogen (secondary N) is 1. The quantitative estimate of drug-likeness (QED) is 0.759. The molecule has 4 heteroatoms. The highest BCUT2D eigenvalue weighted by Crippen LogP contribution is 2.34. The molecule has 3 rings (SSSR count). The van der Waals surface area contributed by atoms with Gasteiger partial charge in [0.1, 0.15) is 0 Å². The normalized spacial score (nSPS) is 15.5. The van der Waals surface area contributed by atoms with Crippen LogP contribution in [0.3, 0.4) is 0 Å². The molecule has 19 heavy (non-hydrogen) atoms. The summed E-state index contributed by atoms with van der Waals surface area (Å²) in [7, 11) is 0. The molecule has 0 aromatic heterocycles. The molecule has 1 N–H and O–H groups in total. The Labute approximate surface area is 124 Å². The molecule has 2 aromatic rings. The molecule has 1 aliphatic rings. The van der Waals surface area contributed by atoms with Gasteiger partial charge in [-0.2, -0.15) is 0 Å². The number of carbonyl (C=O) groups is 1. The van der Waals surface area contributed by atoms with E-state index in [1.165, 1.54) is 0 Å². The average molecular weight is 335 g/mol. The van der Waals surface area contributed by atoms with Gasteiger partial charge in [0, 0.05) is 20.6 Å². The average Bonchev–Trinajstić information content (AvgIpc) is 2.68. The molecule has 1 heterocycles. The summed E-state index contributed by atoms with van der Waals surface area (Å²) in [5.74, 6) is -0.0971. The predicted molar refractivity (Wildman–Crippen MR) is 82.1 cm³/mol. The third-order valence-electron chi connectivity index (χ3n) is 2.95. The van der Waals surface area contributed by atoms with E-state index in [1.807, 2.05) is 36.4 Å². The molecule has 0 saturated carbocycles. The van der Waals surface area contributed by atoms with Gasteiger partial charge in [0.2, 0.25) is 0 Å². The minimum absolute atomic E-state index is 0.0971. The van der Waals surface area contributed by atoms with E-state index in [9.17, 15) is 4.79 Å². The van der Waals surface area contributed by atoms with Crippen LogP contribution in [0.15, 0.2) is 46.9 Å². The molecule has 0 saturated heterocycles. The minimum atomic E-state index is -0.0971. The monoisotopic (exact) mass is 333 g/mol. The van der Waals surface area contributed by atoms with E-state index in [1.54, 1.807) is 12.1 Å². The van der Waals surface area contributed by atoms with Crippen LogP contribution in [0, 0.1) is 0 Å². The van der Waals surface area contributed by atoms with Gasteiger partial charge in [0.25, 0.3) is 5.91 Å². The summed E-state index contributed by atoms with van der Waals surface area (Å²) in [5.41, 5.74) is 3.29. The fourth-order valence-electron chi connectivity index (χ4n) is 2.04. The van der Waals surface area contributed by atoms with E-state index in [2.05, 4.69) is 21.2 Å². The second-order valence-electron chi connectivity index (χ2n) is 4.25. The summed E-state index contributed by atoms with van der Waals surface area (Å²) in [6.07, 6.45) is 1.88. The molecule has 94 valence electrons. The first-order valence-electron chi connectivity index (χ1n) is 5.72. The van der Waals surface area contributed by atoms with Crippen molar-refractivity contribution >= 4 is 50.8 Å². The number of halogens is 2. The first kappa shape index (κ1) is 12.5. The highest BCUT2D eigenvalue weighted by Gasteiger charge is 2.23. The van der Waals surface area contributed by atoms with Crippen molar-refractivity contribution in [1.82, 2.24) is 0 Å². The molecular weight excluding hydrogens is 326 g/mol. The second-order valence-corrected chi connectivity index (χ2v) is 5.61. The summed E-state index contributed by atoms with van der Waals surface area (Å²) in [5, 5.41) is 3.43. The number of anilines is 1. The number of benzene rings is 2. The van der Waals surface area contributed by atoms with Crippen molar-refractivity contribution in [1.29, 1.82) is 0 Å². The summed E-state index contributed by atoms with van der Waals surface area (Å²) in [6, 6.07) is 13.2. The Morgan fingerprint density at radius 1 is 1.11 bits per heavy atom. The number of rotatable bonds is 1. The van der Waals surface area contributed by atoms with E-state index < -0.39 is 0 Å². The lowest BCUT2D eigenvalue weighted by Gasteiger charge is -1.99. The summed E-state index contributed by atoms with van der Waals surface area (Å²) in [4.78, 5) is 12.0. The maximum absolute atomic E-state index is 12.0. The summed E-state index contributed by atoms with van der Waals surface area (Å²) in [6.45, 7) is 0. The lowest BCUT2D eigenvalue weighted by Crippen LogP contribution is -2.03. The summed E-state index contributed by atoms with van der Waals surface area (Å²) < 4.78 is 1.01. The maximum atomic E-state index is 12.0. The van der Waals surface area contributed by atoms with Crippen LogP contribution in [-0.4, -0.2) is 5.91 Å². The van der Waals surface area contributed by atoms with Gasteiger partial charge in [-0.1, -0.05) is 45.7 Å². The van der Waals surface area contributed by atoms with Crippen LogP contribution in [0.1, 0.15) is 11.1 Å². The van der Waals surface area contributed by atoms with Crippen LogP contribution in [-0.2, 0) is 4.79 Å². The zero-order valence-electron chi connectivity index (χ0n) is 9.78. The Bertz CT molecular complexity index is 692. The van der Waals surface area contributed by atoms with Crippen LogP contribution < -0.4 is 5.32 Å². The van der Waals surface area contributed by atoms with Crippen molar-refractivity contribution in [3.8, 4) is 0 Å². The van der Waals surface area contributed by atoms with Crippen molar-refractivity contribution in [2.45, 2.75) is 0 Å².